The lowest BCUT2D eigenvalue weighted by molar-refractivity contribution is 0.601. The standard InChI is InChI=1S/C23H21BrN6O2S/c1-15-11-12-25-21(13-15)29-23-14-22(26-16(2)27-23)28-18-5-7-19(8-6-18)30-33(31,32)20-9-3-17(24)4-10-20/h3-14,30H,1-2H3,(H2,25,26,27,28,29). The van der Waals surface area contributed by atoms with Crippen LogP contribution in [-0.4, -0.2) is 23.4 Å². The molecule has 0 amide bonds. The summed E-state index contributed by atoms with van der Waals surface area (Å²) in [6.45, 7) is 3.80. The van der Waals surface area contributed by atoms with Crippen LogP contribution in [0.15, 0.2) is 82.3 Å². The van der Waals surface area contributed by atoms with Crippen LogP contribution in [0.4, 0.5) is 28.8 Å². The van der Waals surface area contributed by atoms with Crippen LogP contribution in [0.25, 0.3) is 0 Å². The van der Waals surface area contributed by atoms with Gasteiger partial charge in [0.1, 0.15) is 23.3 Å². The van der Waals surface area contributed by atoms with Gasteiger partial charge in [-0.05, 0) is 80.1 Å². The van der Waals surface area contributed by atoms with Crippen LogP contribution in [0.1, 0.15) is 11.4 Å². The topological polar surface area (TPSA) is 109 Å². The van der Waals surface area contributed by atoms with Gasteiger partial charge in [0, 0.05) is 28.1 Å². The number of anilines is 5. The molecule has 0 radical (unpaired) electrons. The molecule has 0 unspecified atom stereocenters. The van der Waals surface area contributed by atoms with Crippen LogP contribution < -0.4 is 15.4 Å². The number of aromatic nitrogens is 3. The van der Waals surface area contributed by atoms with Crippen molar-refractivity contribution in [1.82, 2.24) is 15.0 Å². The van der Waals surface area contributed by atoms with Gasteiger partial charge in [-0.1, -0.05) is 15.9 Å². The zero-order valence-corrected chi connectivity index (χ0v) is 20.3. The molecule has 3 N–H and O–H groups in total. The summed E-state index contributed by atoms with van der Waals surface area (Å²) in [6.07, 6.45) is 1.73. The van der Waals surface area contributed by atoms with Crippen molar-refractivity contribution in [1.29, 1.82) is 0 Å². The first kappa shape index (κ1) is 22.7. The molecule has 8 nitrogen and oxygen atoms in total. The lowest BCUT2D eigenvalue weighted by Gasteiger charge is -2.11. The zero-order chi connectivity index (χ0) is 23.4. The Morgan fingerprint density at radius 1 is 0.758 bits per heavy atom. The SMILES string of the molecule is Cc1ccnc(Nc2cc(Nc3ccc(NS(=O)(=O)c4ccc(Br)cc4)cc3)nc(C)n2)c1. The van der Waals surface area contributed by atoms with Gasteiger partial charge < -0.3 is 10.6 Å². The number of nitrogens with zero attached hydrogens (tertiary/aromatic N) is 3. The second-order valence-corrected chi connectivity index (χ2v) is 9.89. The van der Waals surface area contributed by atoms with Crippen molar-refractivity contribution in [2.24, 2.45) is 0 Å². The third kappa shape index (κ3) is 6.05. The lowest BCUT2D eigenvalue weighted by atomic mass is 10.3. The number of halogens is 1. The van der Waals surface area contributed by atoms with Crippen molar-refractivity contribution in [2.45, 2.75) is 18.7 Å². The van der Waals surface area contributed by atoms with Crippen molar-refractivity contribution in [3.63, 3.8) is 0 Å². The van der Waals surface area contributed by atoms with Gasteiger partial charge >= 0.3 is 0 Å². The molecule has 4 rings (SSSR count). The molecule has 0 aliphatic rings. The molecular formula is C23H21BrN6O2S. The number of rotatable bonds is 7. The van der Waals surface area contributed by atoms with E-state index in [0.29, 0.717) is 29.0 Å². The summed E-state index contributed by atoms with van der Waals surface area (Å²) in [4.78, 5) is 13.3. The molecule has 2 heterocycles. The number of aryl methyl sites for hydroxylation is 2. The molecule has 2 aromatic carbocycles. The molecule has 4 aromatic rings. The Morgan fingerprint density at radius 3 is 2.06 bits per heavy atom. The number of nitrogens with one attached hydrogen (secondary N) is 3. The van der Waals surface area contributed by atoms with Crippen LogP contribution in [-0.2, 0) is 10.0 Å². The predicted molar refractivity (Wildman–Crippen MR) is 134 cm³/mol. The molecule has 0 saturated heterocycles. The summed E-state index contributed by atoms with van der Waals surface area (Å²) in [7, 11) is -3.67. The number of sulfonamides is 1. The summed E-state index contributed by atoms with van der Waals surface area (Å²) in [5, 5.41) is 6.40. The maximum atomic E-state index is 12.6. The van der Waals surface area contributed by atoms with E-state index in [-0.39, 0.29) is 4.90 Å². The van der Waals surface area contributed by atoms with Gasteiger partial charge in [-0.3, -0.25) is 4.72 Å². The van der Waals surface area contributed by atoms with E-state index < -0.39 is 10.0 Å². The second-order valence-electron chi connectivity index (χ2n) is 7.29. The van der Waals surface area contributed by atoms with Crippen molar-refractivity contribution in [3.05, 3.63) is 88.8 Å². The van der Waals surface area contributed by atoms with E-state index in [1.807, 2.05) is 19.1 Å². The fourth-order valence-corrected chi connectivity index (χ4v) is 4.35. The largest absolute Gasteiger partial charge is 0.340 e. The van der Waals surface area contributed by atoms with E-state index in [1.165, 1.54) is 12.1 Å². The fraction of sp³-hybridized carbons (Fsp3) is 0.0870. The highest BCUT2D eigenvalue weighted by molar-refractivity contribution is 9.10. The molecule has 0 spiro atoms. The zero-order valence-electron chi connectivity index (χ0n) is 17.9. The molecule has 2 aromatic heterocycles. The number of hydrogen-bond acceptors (Lipinski definition) is 7. The Kier molecular flexibility index (Phi) is 6.57. The van der Waals surface area contributed by atoms with Gasteiger partial charge in [0.2, 0.25) is 0 Å². The van der Waals surface area contributed by atoms with Crippen LogP contribution in [0.5, 0.6) is 0 Å². The minimum Gasteiger partial charge on any atom is -0.340 e. The second kappa shape index (κ2) is 9.55. The molecule has 0 aliphatic heterocycles. The quantitative estimate of drug-likeness (QED) is 0.291. The number of hydrogen-bond donors (Lipinski definition) is 3. The number of benzene rings is 2. The molecule has 0 atom stereocenters. The van der Waals surface area contributed by atoms with Gasteiger partial charge in [0.05, 0.1) is 4.90 Å². The molecule has 0 aliphatic carbocycles. The average molecular weight is 525 g/mol. The highest BCUT2D eigenvalue weighted by Crippen LogP contribution is 2.23. The Labute approximate surface area is 200 Å². The molecule has 0 bridgehead atoms. The van der Waals surface area contributed by atoms with Crippen molar-refractivity contribution < 1.29 is 8.42 Å². The van der Waals surface area contributed by atoms with E-state index in [1.54, 1.807) is 55.6 Å². The lowest BCUT2D eigenvalue weighted by Crippen LogP contribution is -2.12. The smallest absolute Gasteiger partial charge is 0.261 e. The molecule has 168 valence electrons. The molecule has 0 fully saturated rings. The molecule has 0 saturated carbocycles. The molecular weight excluding hydrogens is 504 g/mol. The van der Waals surface area contributed by atoms with Crippen LogP contribution in [0, 0.1) is 13.8 Å². The third-order valence-electron chi connectivity index (χ3n) is 4.54. The first-order valence-corrected chi connectivity index (χ1v) is 12.3. The van der Waals surface area contributed by atoms with Crippen LogP contribution in [0.2, 0.25) is 0 Å². The van der Waals surface area contributed by atoms with Gasteiger partial charge in [-0.15, -0.1) is 0 Å². The van der Waals surface area contributed by atoms with Crippen molar-refractivity contribution >= 4 is 54.8 Å². The Balaban J connectivity index is 1.46. The van der Waals surface area contributed by atoms with Crippen molar-refractivity contribution in [2.75, 3.05) is 15.4 Å². The summed E-state index contributed by atoms with van der Waals surface area (Å²) >= 11 is 3.30. The summed E-state index contributed by atoms with van der Waals surface area (Å²) < 4.78 is 28.5. The average Bonchev–Trinajstić information content (AvgIpc) is 2.75. The first-order valence-electron chi connectivity index (χ1n) is 9.98. The Hall–Kier alpha value is -3.50. The minimum absolute atomic E-state index is 0.187. The monoisotopic (exact) mass is 524 g/mol. The Morgan fingerprint density at radius 2 is 1.39 bits per heavy atom. The van der Waals surface area contributed by atoms with Gasteiger partial charge in [-0.2, -0.15) is 0 Å². The van der Waals surface area contributed by atoms with Gasteiger partial charge in [0.25, 0.3) is 10.0 Å². The minimum atomic E-state index is -3.67. The van der Waals surface area contributed by atoms with E-state index in [2.05, 4.69) is 46.2 Å². The van der Waals surface area contributed by atoms with Crippen LogP contribution in [0.3, 0.4) is 0 Å². The van der Waals surface area contributed by atoms with E-state index in [9.17, 15) is 8.42 Å². The summed E-state index contributed by atoms with van der Waals surface area (Å²) in [6, 6.07) is 19.0. The Bertz CT molecular complexity index is 1380. The van der Waals surface area contributed by atoms with E-state index in [4.69, 9.17) is 0 Å². The third-order valence-corrected chi connectivity index (χ3v) is 6.47. The fourth-order valence-electron chi connectivity index (χ4n) is 3.03. The van der Waals surface area contributed by atoms with Gasteiger partial charge in [-0.25, -0.2) is 23.4 Å². The highest BCUT2D eigenvalue weighted by atomic mass is 79.9. The summed E-state index contributed by atoms with van der Waals surface area (Å²) in [5.74, 6) is 2.50. The molecule has 33 heavy (non-hydrogen) atoms. The predicted octanol–water partition coefficient (Wildman–Crippen LogP) is 5.54. The normalized spacial score (nSPS) is 11.1. The maximum Gasteiger partial charge on any atom is 0.261 e. The number of pyridine rings is 1. The maximum absolute atomic E-state index is 12.6. The van der Waals surface area contributed by atoms with E-state index in [0.717, 1.165) is 15.7 Å². The van der Waals surface area contributed by atoms with Gasteiger partial charge in [0.15, 0.2) is 0 Å². The van der Waals surface area contributed by atoms with Crippen LogP contribution >= 0.6 is 15.9 Å². The molecule has 10 heteroatoms. The van der Waals surface area contributed by atoms with E-state index >= 15 is 0 Å². The summed E-state index contributed by atoms with van der Waals surface area (Å²) in [5.41, 5.74) is 2.29. The highest BCUT2D eigenvalue weighted by Gasteiger charge is 2.14. The van der Waals surface area contributed by atoms with Crippen molar-refractivity contribution in [3.8, 4) is 0 Å². The first-order chi connectivity index (χ1) is 15.8.